The second kappa shape index (κ2) is 9.21. The van der Waals surface area contributed by atoms with Gasteiger partial charge in [0.05, 0.1) is 0 Å². The molecule has 96 valence electrons. The molecule has 17 heavy (non-hydrogen) atoms. The Kier molecular flexibility index (Phi) is 7.70. The molecule has 0 bridgehead atoms. The van der Waals surface area contributed by atoms with Crippen LogP contribution in [0.4, 0.5) is 0 Å². The van der Waals surface area contributed by atoms with Gasteiger partial charge in [0.1, 0.15) is 6.54 Å². The highest BCUT2D eigenvalue weighted by Crippen LogP contribution is 2.04. The third kappa shape index (κ3) is 5.86. The zero-order valence-corrected chi connectivity index (χ0v) is 11.6. The molecule has 0 aliphatic carbocycles. The summed E-state index contributed by atoms with van der Waals surface area (Å²) < 4.78 is 2.45. The Morgan fingerprint density at radius 3 is 2.41 bits per heavy atom. The zero-order valence-electron chi connectivity index (χ0n) is 11.6. The predicted molar refractivity (Wildman–Crippen MR) is 74.0 cm³/mol. The quantitative estimate of drug-likeness (QED) is 0.443. The van der Waals surface area contributed by atoms with Crippen LogP contribution in [0.25, 0.3) is 0 Å². The third-order valence-electron chi connectivity index (χ3n) is 3.32. The van der Waals surface area contributed by atoms with Crippen molar-refractivity contribution in [3.8, 4) is 0 Å². The minimum absolute atomic E-state index is 1.20. The zero-order chi connectivity index (χ0) is 12.3. The molecule has 1 heteroatoms. The van der Waals surface area contributed by atoms with Crippen molar-refractivity contribution in [3.05, 3.63) is 30.1 Å². The van der Waals surface area contributed by atoms with Crippen LogP contribution in [0.1, 0.15) is 64.5 Å². The molecule has 0 radical (unpaired) electrons. The van der Waals surface area contributed by atoms with Crippen LogP contribution in [-0.2, 0) is 13.0 Å². The summed E-state index contributed by atoms with van der Waals surface area (Å²) in [7, 11) is 0. The lowest BCUT2D eigenvalue weighted by molar-refractivity contribution is -0.704. The molecule has 0 saturated carbocycles. The Bertz CT molecular complexity index is 293. The molecule has 1 heterocycles. The number of rotatable bonds is 9. The lowest BCUT2D eigenvalue weighted by Crippen LogP contribution is -2.37. The van der Waals surface area contributed by atoms with E-state index >= 15 is 0 Å². The van der Waals surface area contributed by atoms with Crippen molar-refractivity contribution >= 4 is 0 Å². The van der Waals surface area contributed by atoms with Crippen LogP contribution in [0.2, 0.25) is 0 Å². The molecule has 0 aromatic carbocycles. The Balaban J connectivity index is 2.40. The normalized spacial score (nSPS) is 10.7. The van der Waals surface area contributed by atoms with Gasteiger partial charge in [-0.25, -0.2) is 4.57 Å². The van der Waals surface area contributed by atoms with Gasteiger partial charge >= 0.3 is 0 Å². The van der Waals surface area contributed by atoms with E-state index in [1.54, 1.807) is 0 Å². The Labute approximate surface area is 107 Å². The number of pyridine rings is 1. The van der Waals surface area contributed by atoms with E-state index in [2.05, 4.69) is 42.8 Å². The molecule has 0 saturated heterocycles. The predicted octanol–water partition coefficient (Wildman–Crippen LogP) is 4.29. The Morgan fingerprint density at radius 2 is 1.65 bits per heavy atom. The molecule has 0 amide bonds. The van der Waals surface area contributed by atoms with Gasteiger partial charge in [0, 0.05) is 25.0 Å². The summed E-state index contributed by atoms with van der Waals surface area (Å²) >= 11 is 0. The average Bonchev–Trinajstić information content (AvgIpc) is 2.36. The van der Waals surface area contributed by atoms with Crippen LogP contribution >= 0.6 is 0 Å². The number of hydrogen-bond donors (Lipinski definition) is 0. The first-order chi connectivity index (χ1) is 8.38. The molecule has 1 aromatic rings. The summed E-state index contributed by atoms with van der Waals surface area (Å²) in [6.45, 7) is 5.73. The van der Waals surface area contributed by atoms with Crippen LogP contribution in [0.5, 0.6) is 0 Å². The number of unbranched alkanes of at least 4 members (excludes halogenated alkanes) is 5. The van der Waals surface area contributed by atoms with Crippen LogP contribution in [0.15, 0.2) is 24.4 Å². The molecule has 0 unspecified atom stereocenters. The molecule has 1 rings (SSSR count). The first kappa shape index (κ1) is 14.2. The maximum Gasteiger partial charge on any atom is 0.181 e. The molecule has 1 nitrogen and oxygen atoms in total. The lowest BCUT2D eigenvalue weighted by atomic mass is 10.1. The van der Waals surface area contributed by atoms with Crippen molar-refractivity contribution in [1.82, 2.24) is 0 Å². The van der Waals surface area contributed by atoms with Gasteiger partial charge in [-0.05, 0) is 12.8 Å². The fourth-order valence-corrected chi connectivity index (χ4v) is 2.22. The van der Waals surface area contributed by atoms with Gasteiger partial charge in [0.25, 0.3) is 0 Å². The SMILES string of the molecule is CCCCCC[n+]1ccccc1CCCCC. The fraction of sp³-hybridized carbons (Fsp3) is 0.688. The second-order valence-corrected chi connectivity index (χ2v) is 4.90. The van der Waals surface area contributed by atoms with E-state index in [1.807, 2.05) is 0 Å². The summed E-state index contributed by atoms with van der Waals surface area (Å²) in [4.78, 5) is 0. The van der Waals surface area contributed by atoms with E-state index in [4.69, 9.17) is 0 Å². The maximum absolute atomic E-state index is 2.45. The molecular weight excluding hydrogens is 206 g/mol. The largest absolute Gasteiger partial charge is 0.202 e. The van der Waals surface area contributed by atoms with Crippen LogP contribution in [-0.4, -0.2) is 0 Å². The van der Waals surface area contributed by atoms with Crippen LogP contribution < -0.4 is 4.57 Å². The smallest absolute Gasteiger partial charge is 0.181 e. The highest BCUT2D eigenvalue weighted by atomic mass is 14.9. The van der Waals surface area contributed by atoms with E-state index in [9.17, 15) is 0 Å². The van der Waals surface area contributed by atoms with Gasteiger partial charge in [-0.3, -0.25) is 0 Å². The number of aryl methyl sites for hydroxylation is 2. The van der Waals surface area contributed by atoms with Gasteiger partial charge in [-0.15, -0.1) is 0 Å². The van der Waals surface area contributed by atoms with E-state index in [1.165, 1.54) is 63.6 Å². The second-order valence-electron chi connectivity index (χ2n) is 4.90. The Hall–Kier alpha value is -0.850. The highest BCUT2D eigenvalue weighted by molar-refractivity contribution is 4.97. The summed E-state index contributed by atoms with van der Waals surface area (Å²) in [5, 5.41) is 0. The fourth-order valence-electron chi connectivity index (χ4n) is 2.22. The number of aromatic nitrogens is 1. The minimum Gasteiger partial charge on any atom is -0.202 e. The van der Waals surface area contributed by atoms with Gasteiger partial charge in [0.15, 0.2) is 11.9 Å². The molecule has 0 aliphatic heterocycles. The highest BCUT2D eigenvalue weighted by Gasteiger charge is 2.08. The first-order valence-electron chi connectivity index (χ1n) is 7.35. The molecular formula is C16H28N+. The molecule has 0 spiro atoms. The Morgan fingerprint density at radius 1 is 0.882 bits per heavy atom. The lowest BCUT2D eigenvalue weighted by Gasteiger charge is -2.03. The first-order valence-corrected chi connectivity index (χ1v) is 7.35. The van der Waals surface area contributed by atoms with E-state index < -0.39 is 0 Å². The third-order valence-corrected chi connectivity index (χ3v) is 3.32. The summed E-state index contributed by atoms with van der Waals surface area (Å²) in [6.07, 6.45) is 12.9. The topological polar surface area (TPSA) is 3.88 Å². The van der Waals surface area contributed by atoms with Crippen molar-refractivity contribution in [2.75, 3.05) is 0 Å². The van der Waals surface area contributed by atoms with Crippen molar-refractivity contribution in [2.24, 2.45) is 0 Å². The van der Waals surface area contributed by atoms with E-state index in [-0.39, 0.29) is 0 Å². The van der Waals surface area contributed by atoms with Crippen molar-refractivity contribution in [2.45, 2.75) is 71.8 Å². The number of hydrogen-bond acceptors (Lipinski definition) is 0. The summed E-state index contributed by atoms with van der Waals surface area (Å²) in [6, 6.07) is 6.61. The molecule has 0 atom stereocenters. The standard InChI is InChI=1S/C16H28N/c1-3-5-7-10-14-17-15-11-9-13-16(17)12-8-6-4-2/h9,11,13,15H,3-8,10,12,14H2,1-2H3/q+1. The van der Waals surface area contributed by atoms with Crippen LogP contribution in [0.3, 0.4) is 0 Å². The van der Waals surface area contributed by atoms with Crippen molar-refractivity contribution < 1.29 is 4.57 Å². The van der Waals surface area contributed by atoms with Gasteiger partial charge in [-0.2, -0.15) is 0 Å². The summed E-state index contributed by atoms with van der Waals surface area (Å²) in [5.41, 5.74) is 1.51. The monoisotopic (exact) mass is 234 g/mol. The van der Waals surface area contributed by atoms with Crippen LogP contribution in [0, 0.1) is 0 Å². The molecule has 0 N–H and O–H groups in total. The van der Waals surface area contributed by atoms with Gasteiger partial charge in [-0.1, -0.05) is 45.6 Å². The maximum atomic E-state index is 2.45. The number of nitrogens with zero attached hydrogens (tertiary/aromatic N) is 1. The molecule has 0 aliphatic rings. The minimum atomic E-state index is 1.20. The molecule has 1 aromatic heterocycles. The van der Waals surface area contributed by atoms with Gasteiger partial charge in [0.2, 0.25) is 0 Å². The molecule has 0 fully saturated rings. The van der Waals surface area contributed by atoms with Gasteiger partial charge < -0.3 is 0 Å². The van der Waals surface area contributed by atoms with Crippen molar-refractivity contribution in [1.29, 1.82) is 0 Å². The average molecular weight is 234 g/mol. The van der Waals surface area contributed by atoms with E-state index in [0.29, 0.717) is 0 Å². The summed E-state index contributed by atoms with van der Waals surface area (Å²) in [5.74, 6) is 0. The van der Waals surface area contributed by atoms with E-state index in [0.717, 1.165) is 0 Å². The van der Waals surface area contributed by atoms with Crippen molar-refractivity contribution in [3.63, 3.8) is 0 Å².